The van der Waals surface area contributed by atoms with Crippen molar-refractivity contribution in [3.05, 3.63) is 20.3 Å². The van der Waals surface area contributed by atoms with Gasteiger partial charge < -0.3 is 5.73 Å². The number of nitrogens with two attached hydrogens (primary N) is 1. The number of hydrogen-bond acceptors (Lipinski definition) is 2. The van der Waals surface area contributed by atoms with Gasteiger partial charge in [0, 0.05) is 6.04 Å². The average molecular weight is 233 g/mol. The van der Waals surface area contributed by atoms with E-state index in [9.17, 15) is 0 Å². The third-order valence-electron chi connectivity index (χ3n) is 1.17. The van der Waals surface area contributed by atoms with Crippen molar-refractivity contribution in [1.29, 1.82) is 0 Å². The van der Waals surface area contributed by atoms with Gasteiger partial charge >= 0.3 is 0 Å². The Morgan fingerprint density at radius 3 is 2.27 bits per heavy atom. The summed E-state index contributed by atoms with van der Waals surface area (Å²) in [4.78, 5) is 0. The molecule has 5 heteroatoms. The van der Waals surface area contributed by atoms with Crippen molar-refractivity contribution in [3.8, 4) is 0 Å². The van der Waals surface area contributed by atoms with Crippen LogP contribution >= 0.6 is 46.9 Å². The highest BCUT2D eigenvalue weighted by Gasteiger charge is 2.08. The van der Waals surface area contributed by atoms with Crippen LogP contribution < -0.4 is 5.73 Å². The van der Waals surface area contributed by atoms with Gasteiger partial charge in [-0.3, -0.25) is 0 Å². The molecule has 0 aliphatic carbocycles. The highest BCUT2D eigenvalue weighted by molar-refractivity contribution is 7.20. The fourth-order valence-corrected chi connectivity index (χ4v) is 2.33. The Bertz CT molecular complexity index is 234. The van der Waals surface area contributed by atoms with E-state index in [0.717, 1.165) is 5.56 Å². The molecule has 0 spiro atoms. The highest BCUT2D eigenvalue weighted by Crippen LogP contribution is 2.33. The number of thiophene rings is 1. The molecule has 1 aromatic heterocycles. The van der Waals surface area contributed by atoms with E-state index < -0.39 is 0 Å². The van der Waals surface area contributed by atoms with Crippen LogP contribution in [0, 0.1) is 0 Å². The molecule has 0 amide bonds. The summed E-state index contributed by atoms with van der Waals surface area (Å²) < 4.78 is 1.39. The monoisotopic (exact) mass is 231 g/mol. The van der Waals surface area contributed by atoms with Crippen LogP contribution in [0.1, 0.15) is 18.5 Å². The normalized spacial score (nSPS) is 12.4. The van der Waals surface area contributed by atoms with Gasteiger partial charge in [-0.1, -0.05) is 23.2 Å². The molecule has 1 rings (SSSR count). The summed E-state index contributed by atoms with van der Waals surface area (Å²) in [5.74, 6) is 0. The molecule has 2 N–H and O–H groups in total. The van der Waals surface area contributed by atoms with Crippen molar-refractivity contribution < 1.29 is 0 Å². The van der Waals surface area contributed by atoms with E-state index >= 15 is 0 Å². The van der Waals surface area contributed by atoms with E-state index in [1.807, 2.05) is 6.92 Å². The standard InChI is InChI=1S/C6H7Cl2NS.ClH/c1-3(9)4-2-5(7)10-6(4)8;/h2-3H,9H2,1H3;1H. The van der Waals surface area contributed by atoms with E-state index in [-0.39, 0.29) is 18.4 Å². The molecular formula is C6H8Cl3NS. The second kappa shape index (κ2) is 4.53. The first-order valence-corrected chi connectivity index (χ1v) is 4.39. The molecule has 1 aromatic rings. The van der Waals surface area contributed by atoms with Crippen molar-refractivity contribution in [2.75, 3.05) is 0 Å². The van der Waals surface area contributed by atoms with Gasteiger partial charge in [0.25, 0.3) is 0 Å². The van der Waals surface area contributed by atoms with Crippen molar-refractivity contribution in [1.82, 2.24) is 0 Å². The summed E-state index contributed by atoms with van der Waals surface area (Å²) in [6, 6.07) is 1.77. The fourth-order valence-electron chi connectivity index (χ4n) is 0.663. The molecule has 1 heterocycles. The van der Waals surface area contributed by atoms with E-state index in [0.29, 0.717) is 8.67 Å². The maximum Gasteiger partial charge on any atom is 0.0991 e. The second-order valence-electron chi connectivity index (χ2n) is 2.07. The first-order valence-electron chi connectivity index (χ1n) is 2.81. The Morgan fingerprint density at radius 1 is 1.55 bits per heavy atom. The lowest BCUT2D eigenvalue weighted by atomic mass is 10.2. The Morgan fingerprint density at radius 2 is 2.09 bits per heavy atom. The topological polar surface area (TPSA) is 26.0 Å². The molecule has 0 aliphatic heterocycles. The van der Waals surface area contributed by atoms with Gasteiger partial charge in [-0.25, -0.2) is 0 Å². The van der Waals surface area contributed by atoms with Crippen LogP contribution in [-0.2, 0) is 0 Å². The van der Waals surface area contributed by atoms with Gasteiger partial charge in [-0.2, -0.15) is 0 Å². The molecule has 0 saturated heterocycles. The van der Waals surface area contributed by atoms with Crippen molar-refractivity contribution in [3.63, 3.8) is 0 Å². The van der Waals surface area contributed by atoms with Crippen molar-refractivity contribution in [2.45, 2.75) is 13.0 Å². The van der Waals surface area contributed by atoms with Crippen LogP contribution in [0.3, 0.4) is 0 Å². The largest absolute Gasteiger partial charge is 0.324 e. The molecule has 64 valence electrons. The minimum atomic E-state index is -0.0313. The van der Waals surface area contributed by atoms with Crippen LogP contribution in [0.4, 0.5) is 0 Å². The van der Waals surface area contributed by atoms with Gasteiger partial charge in [0.1, 0.15) is 0 Å². The Labute approximate surface area is 85.9 Å². The SMILES string of the molecule is CC(N)c1cc(Cl)sc1Cl.Cl. The fraction of sp³-hybridized carbons (Fsp3) is 0.333. The smallest absolute Gasteiger partial charge is 0.0991 e. The lowest BCUT2D eigenvalue weighted by Crippen LogP contribution is -2.03. The molecule has 0 fully saturated rings. The van der Waals surface area contributed by atoms with E-state index in [2.05, 4.69) is 0 Å². The molecule has 1 unspecified atom stereocenters. The first-order chi connectivity index (χ1) is 4.61. The molecule has 0 aromatic carbocycles. The maximum atomic E-state index is 5.79. The van der Waals surface area contributed by atoms with E-state index in [4.69, 9.17) is 28.9 Å². The molecule has 1 nitrogen and oxygen atoms in total. The molecule has 0 radical (unpaired) electrons. The molecule has 1 atom stereocenters. The van der Waals surface area contributed by atoms with Crippen molar-refractivity contribution in [2.24, 2.45) is 5.73 Å². The van der Waals surface area contributed by atoms with Crippen molar-refractivity contribution >= 4 is 46.9 Å². The summed E-state index contributed by atoms with van der Waals surface area (Å²) >= 11 is 12.8. The van der Waals surface area contributed by atoms with E-state index in [1.54, 1.807) is 6.07 Å². The average Bonchev–Trinajstić information content (AvgIpc) is 2.10. The Balaban J connectivity index is 0.000001000. The zero-order valence-corrected chi connectivity index (χ0v) is 8.95. The Kier molecular flexibility index (Phi) is 4.75. The zero-order chi connectivity index (χ0) is 7.72. The summed E-state index contributed by atoms with van der Waals surface area (Å²) in [7, 11) is 0. The summed E-state index contributed by atoms with van der Waals surface area (Å²) in [5, 5.41) is 0. The molecule has 0 aliphatic rings. The first kappa shape index (κ1) is 11.5. The number of rotatable bonds is 1. The predicted octanol–water partition coefficient (Wildman–Crippen LogP) is 3.50. The molecule has 0 saturated carbocycles. The van der Waals surface area contributed by atoms with Gasteiger partial charge in [0.2, 0.25) is 0 Å². The number of hydrogen-bond donors (Lipinski definition) is 1. The molecule has 11 heavy (non-hydrogen) atoms. The zero-order valence-electron chi connectivity index (χ0n) is 5.80. The van der Waals surface area contributed by atoms with Crippen LogP contribution in [0.5, 0.6) is 0 Å². The maximum absolute atomic E-state index is 5.79. The van der Waals surface area contributed by atoms with Gasteiger partial charge in [-0.05, 0) is 18.6 Å². The van der Waals surface area contributed by atoms with E-state index in [1.165, 1.54) is 11.3 Å². The summed E-state index contributed by atoms with van der Waals surface area (Å²) in [6.45, 7) is 1.88. The molecular weight excluding hydrogens is 224 g/mol. The summed E-state index contributed by atoms with van der Waals surface area (Å²) in [6.07, 6.45) is 0. The van der Waals surface area contributed by atoms with Crippen LogP contribution in [-0.4, -0.2) is 0 Å². The van der Waals surface area contributed by atoms with Crippen LogP contribution in [0.25, 0.3) is 0 Å². The lowest BCUT2D eigenvalue weighted by Gasteiger charge is -1.99. The minimum absolute atomic E-state index is 0. The third-order valence-corrected chi connectivity index (χ3v) is 2.69. The minimum Gasteiger partial charge on any atom is -0.324 e. The highest BCUT2D eigenvalue weighted by atomic mass is 35.5. The third kappa shape index (κ3) is 2.80. The lowest BCUT2D eigenvalue weighted by molar-refractivity contribution is 0.823. The van der Waals surface area contributed by atoms with Gasteiger partial charge in [-0.15, -0.1) is 23.7 Å². The second-order valence-corrected chi connectivity index (χ2v) is 4.35. The van der Waals surface area contributed by atoms with Gasteiger partial charge in [0.15, 0.2) is 0 Å². The molecule has 0 bridgehead atoms. The Hall–Kier alpha value is 0.530. The number of halogens is 3. The summed E-state index contributed by atoms with van der Waals surface area (Å²) in [5.41, 5.74) is 6.52. The van der Waals surface area contributed by atoms with Crippen LogP contribution in [0.15, 0.2) is 6.07 Å². The van der Waals surface area contributed by atoms with Crippen LogP contribution in [0.2, 0.25) is 8.67 Å². The van der Waals surface area contributed by atoms with Gasteiger partial charge in [0.05, 0.1) is 8.67 Å². The quantitative estimate of drug-likeness (QED) is 0.788. The predicted molar refractivity (Wildman–Crippen MR) is 54.2 cm³/mol.